The maximum absolute atomic E-state index is 13.5. The Hall–Kier alpha value is -1.79. The minimum Gasteiger partial charge on any atom is -0.455 e. The molecule has 1 spiro atoms. The number of Topliss-reactive ketones (excluding diaryl/α,β-unsaturated/α-hetero) is 2. The molecular weight excluding hydrogens is 360 g/mol. The second-order valence-corrected chi connectivity index (χ2v) is 9.46. The van der Waals surface area contributed by atoms with Crippen LogP contribution < -0.4 is 0 Å². The van der Waals surface area contributed by atoms with Gasteiger partial charge in [0.15, 0.2) is 17.7 Å². The molecule has 8 atom stereocenters. The van der Waals surface area contributed by atoms with Crippen molar-refractivity contribution in [2.45, 2.75) is 65.3 Å². The van der Waals surface area contributed by atoms with Gasteiger partial charge in [0.25, 0.3) is 0 Å². The molecule has 4 aliphatic rings. The van der Waals surface area contributed by atoms with Crippen LogP contribution in [-0.4, -0.2) is 46.1 Å². The molecule has 6 nitrogen and oxygen atoms in total. The Balaban J connectivity index is 1.97. The summed E-state index contributed by atoms with van der Waals surface area (Å²) in [5, 5.41) is 22.0. The zero-order chi connectivity index (χ0) is 20.8. The Morgan fingerprint density at radius 3 is 2.39 bits per heavy atom. The van der Waals surface area contributed by atoms with Crippen LogP contribution in [0.2, 0.25) is 0 Å². The summed E-state index contributed by atoms with van der Waals surface area (Å²) in [4.78, 5) is 38.7. The van der Waals surface area contributed by atoms with Gasteiger partial charge in [-0.2, -0.15) is 0 Å². The van der Waals surface area contributed by atoms with Crippen molar-refractivity contribution in [2.24, 2.45) is 28.6 Å². The zero-order valence-corrected chi connectivity index (χ0v) is 16.8. The van der Waals surface area contributed by atoms with Crippen LogP contribution >= 0.6 is 0 Å². The number of ketones is 2. The van der Waals surface area contributed by atoms with Crippen molar-refractivity contribution in [1.29, 1.82) is 0 Å². The van der Waals surface area contributed by atoms with Crippen molar-refractivity contribution in [3.8, 4) is 0 Å². The highest BCUT2D eigenvalue weighted by atomic mass is 16.6. The van der Waals surface area contributed by atoms with E-state index in [0.29, 0.717) is 12.8 Å². The van der Waals surface area contributed by atoms with Gasteiger partial charge in [-0.3, -0.25) is 14.4 Å². The molecule has 2 unspecified atom stereocenters. The summed E-state index contributed by atoms with van der Waals surface area (Å²) in [6.45, 7) is 11.1. The molecule has 2 N–H and O–H groups in total. The first-order valence-corrected chi connectivity index (χ1v) is 10.0. The van der Waals surface area contributed by atoms with E-state index in [0.717, 1.165) is 12.0 Å². The average molecular weight is 388 g/mol. The van der Waals surface area contributed by atoms with Crippen LogP contribution in [0.15, 0.2) is 23.3 Å². The Morgan fingerprint density at radius 1 is 1.25 bits per heavy atom. The van der Waals surface area contributed by atoms with E-state index in [1.165, 1.54) is 6.92 Å². The van der Waals surface area contributed by atoms with Crippen LogP contribution in [0.5, 0.6) is 0 Å². The highest BCUT2D eigenvalue weighted by Gasteiger charge is 2.71. The van der Waals surface area contributed by atoms with E-state index in [1.54, 1.807) is 0 Å². The fourth-order valence-corrected chi connectivity index (χ4v) is 6.10. The summed E-state index contributed by atoms with van der Waals surface area (Å²) in [5.41, 5.74) is -0.828. The molecule has 6 heteroatoms. The van der Waals surface area contributed by atoms with Crippen LogP contribution in [0, 0.1) is 28.6 Å². The summed E-state index contributed by atoms with van der Waals surface area (Å²) in [5.74, 6) is -1.95. The van der Waals surface area contributed by atoms with Crippen LogP contribution in [-0.2, 0) is 19.1 Å². The molecule has 0 aromatic rings. The van der Waals surface area contributed by atoms with Crippen molar-refractivity contribution in [1.82, 2.24) is 0 Å². The summed E-state index contributed by atoms with van der Waals surface area (Å²) >= 11 is 0. The molecule has 28 heavy (non-hydrogen) atoms. The van der Waals surface area contributed by atoms with Gasteiger partial charge >= 0.3 is 5.97 Å². The molecule has 2 saturated carbocycles. The van der Waals surface area contributed by atoms with E-state index >= 15 is 0 Å². The molecule has 0 saturated heterocycles. The Labute approximate surface area is 164 Å². The summed E-state index contributed by atoms with van der Waals surface area (Å²) in [7, 11) is 0. The predicted octanol–water partition coefficient (Wildman–Crippen LogP) is 1.74. The number of aliphatic hydroxyl groups is 2. The van der Waals surface area contributed by atoms with Gasteiger partial charge in [0, 0.05) is 29.4 Å². The number of carbonyl (C=O) groups is 3. The van der Waals surface area contributed by atoms with Crippen LogP contribution in [0.4, 0.5) is 0 Å². The largest absolute Gasteiger partial charge is 0.455 e. The first-order valence-electron chi connectivity index (χ1n) is 10.0. The molecule has 4 aliphatic carbocycles. The Kier molecular flexibility index (Phi) is 4.09. The van der Waals surface area contributed by atoms with Gasteiger partial charge in [-0.15, -0.1) is 0 Å². The molecule has 0 bridgehead atoms. The van der Waals surface area contributed by atoms with Crippen molar-refractivity contribution >= 4 is 17.5 Å². The van der Waals surface area contributed by atoms with Gasteiger partial charge < -0.3 is 14.9 Å². The van der Waals surface area contributed by atoms with Gasteiger partial charge in [0.1, 0.15) is 12.2 Å². The number of hydrogen-bond donors (Lipinski definition) is 2. The topological polar surface area (TPSA) is 101 Å². The number of rotatable bonds is 1. The van der Waals surface area contributed by atoms with Gasteiger partial charge in [0.2, 0.25) is 0 Å². The highest BCUT2D eigenvalue weighted by Crippen LogP contribution is 2.65. The molecule has 0 aliphatic heterocycles. The van der Waals surface area contributed by atoms with E-state index in [2.05, 4.69) is 6.58 Å². The maximum atomic E-state index is 13.5. The van der Waals surface area contributed by atoms with E-state index in [-0.39, 0.29) is 28.8 Å². The number of hydrogen-bond acceptors (Lipinski definition) is 6. The summed E-state index contributed by atoms with van der Waals surface area (Å²) < 4.78 is 5.42. The number of fused-ring (bicyclic) bond motifs is 2. The van der Waals surface area contributed by atoms with E-state index in [4.69, 9.17) is 4.74 Å². The Bertz CT molecular complexity index is 840. The Morgan fingerprint density at radius 2 is 1.86 bits per heavy atom. The summed E-state index contributed by atoms with van der Waals surface area (Å²) in [6, 6.07) is 0. The SMILES string of the molecule is C=C1C2[C@H](O)[C@@H](OC(C)=O)C3=C(C(=O)C(O)[C@@]4(C[C@@H]4C)C3=O)[C@@]2(C)CC[C@H]1C. The van der Waals surface area contributed by atoms with Gasteiger partial charge in [-0.1, -0.05) is 32.9 Å². The monoisotopic (exact) mass is 388 g/mol. The molecule has 0 aromatic heterocycles. The van der Waals surface area contributed by atoms with E-state index in [9.17, 15) is 24.6 Å². The van der Waals surface area contributed by atoms with Gasteiger partial charge in [-0.05, 0) is 31.1 Å². The quantitative estimate of drug-likeness (QED) is 0.524. The third-order valence-corrected chi connectivity index (χ3v) is 7.90. The highest BCUT2D eigenvalue weighted by molar-refractivity contribution is 6.19. The van der Waals surface area contributed by atoms with Gasteiger partial charge in [0.05, 0.1) is 5.41 Å². The second-order valence-electron chi connectivity index (χ2n) is 9.46. The lowest BCUT2D eigenvalue weighted by Crippen LogP contribution is -2.61. The number of ether oxygens (including phenoxy) is 1. The molecule has 4 rings (SSSR count). The minimum absolute atomic E-state index is 0.100. The predicted molar refractivity (Wildman–Crippen MR) is 100.0 cm³/mol. The smallest absolute Gasteiger partial charge is 0.303 e. The molecule has 152 valence electrons. The third-order valence-electron chi connectivity index (χ3n) is 7.90. The molecule has 0 aromatic carbocycles. The van der Waals surface area contributed by atoms with E-state index in [1.807, 2.05) is 20.8 Å². The lowest BCUT2D eigenvalue weighted by molar-refractivity contribution is -0.160. The van der Waals surface area contributed by atoms with Crippen molar-refractivity contribution in [2.75, 3.05) is 0 Å². The maximum Gasteiger partial charge on any atom is 0.303 e. The number of aliphatic hydroxyl groups excluding tert-OH is 2. The van der Waals surface area contributed by atoms with Crippen LogP contribution in [0.25, 0.3) is 0 Å². The molecule has 0 amide bonds. The third kappa shape index (κ3) is 2.19. The van der Waals surface area contributed by atoms with Crippen molar-refractivity contribution < 1.29 is 29.3 Å². The van der Waals surface area contributed by atoms with Crippen LogP contribution in [0.1, 0.15) is 47.0 Å². The van der Waals surface area contributed by atoms with Crippen molar-refractivity contribution in [3.63, 3.8) is 0 Å². The molecule has 0 radical (unpaired) electrons. The fourth-order valence-electron chi connectivity index (χ4n) is 6.10. The standard InChI is InChI=1S/C22H28O6/c1-9-6-7-21(5)14(11(9)3)16(24)18(28-12(4)23)13-15(21)17(25)20(27)22(19(13)26)8-10(22)2/h9-10,14,16,18,20,24,27H,3,6-8H2,1-2,4-5H3/t9-,10+,14?,16+,18+,20?,21+,22-/m1/s1. The number of esters is 1. The van der Waals surface area contributed by atoms with Gasteiger partial charge in [-0.25, -0.2) is 0 Å². The van der Waals surface area contributed by atoms with Crippen LogP contribution in [0.3, 0.4) is 0 Å². The second kappa shape index (κ2) is 5.86. The van der Waals surface area contributed by atoms with E-state index < -0.39 is 46.8 Å². The normalized spacial score (nSPS) is 47.7. The zero-order valence-electron chi connectivity index (χ0n) is 16.8. The molecular formula is C22H28O6. The first-order chi connectivity index (χ1) is 13.0. The lowest BCUT2D eigenvalue weighted by atomic mass is 9.50. The molecule has 2 fully saturated rings. The first kappa shape index (κ1) is 19.5. The fraction of sp³-hybridized carbons (Fsp3) is 0.682. The minimum atomic E-state index is -1.38. The van der Waals surface area contributed by atoms with Crippen molar-refractivity contribution in [3.05, 3.63) is 23.3 Å². The number of carbonyl (C=O) groups excluding carboxylic acids is 3. The lowest BCUT2D eigenvalue weighted by Gasteiger charge is -2.55. The average Bonchev–Trinajstić information content (AvgIpc) is 3.29. The summed E-state index contributed by atoms with van der Waals surface area (Å²) in [6.07, 6.45) is -1.96. The molecule has 0 heterocycles.